The molecule has 2 saturated heterocycles. The summed E-state index contributed by atoms with van der Waals surface area (Å²) < 4.78 is 23.8. The summed E-state index contributed by atoms with van der Waals surface area (Å²) in [7, 11) is 0. The Balaban J connectivity index is 2.11. The highest BCUT2D eigenvalue weighted by Crippen LogP contribution is 2.56. The number of rotatable bonds is 4. The Morgan fingerprint density at radius 2 is 1.71 bits per heavy atom. The maximum Gasteiger partial charge on any atom is 0.303 e. The van der Waals surface area contributed by atoms with Gasteiger partial charge in [-0.1, -0.05) is 20.4 Å². The molecule has 0 radical (unpaired) electrons. The molecule has 0 amide bonds. The molecule has 3 rings (SSSR count). The van der Waals surface area contributed by atoms with Gasteiger partial charge in [0.15, 0.2) is 0 Å². The van der Waals surface area contributed by atoms with Crippen molar-refractivity contribution in [2.75, 3.05) is 0 Å². The predicted molar refractivity (Wildman–Crippen MR) is 123 cm³/mol. The van der Waals surface area contributed by atoms with Crippen molar-refractivity contribution in [2.45, 2.75) is 110 Å². The maximum absolute atomic E-state index is 12.2. The van der Waals surface area contributed by atoms with Crippen LogP contribution in [-0.2, 0) is 33.3 Å². The average molecular weight is 481 g/mol. The number of aliphatic hydroxyl groups is 1. The van der Waals surface area contributed by atoms with Crippen LogP contribution in [0.15, 0.2) is 12.2 Å². The molecule has 3 aliphatic rings. The van der Waals surface area contributed by atoms with Gasteiger partial charge < -0.3 is 24.1 Å². The lowest BCUT2D eigenvalue weighted by atomic mass is 9.59. The minimum atomic E-state index is -1.38. The Hall–Kier alpha value is -1.93. The third-order valence-electron chi connectivity index (χ3n) is 7.97. The minimum Gasteiger partial charge on any atom is -0.460 e. The number of hydrogen-bond donors (Lipinski definition) is 1. The molecule has 0 spiro atoms. The molecule has 3 fully saturated rings. The first-order chi connectivity index (χ1) is 15.7. The first-order valence-electron chi connectivity index (χ1n) is 12.3. The van der Waals surface area contributed by atoms with Crippen LogP contribution in [0.3, 0.4) is 0 Å². The third kappa shape index (κ3) is 5.18. The van der Waals surface area contributed by atoms with E-state index in [1.54, 1.807) is 6.92 Å². The average Bonchev–Trinajstić information content (AvgIpc) is 3.05. The Morgan fingerprint density at radius 1 is 1.09 bits per heavy atom. The monoisotopic (exact) mass is 480 g/mol. The fourth-order valence-corrected chi connectivity index (χ4v) is 6.55. The van der Waals surface area contributed by atoms with E-state index in [0.29, 0.717) is 19.3 Å². The van der Waals surface area contributed by atoms with Gasteiger partial charge in [0.1, 0.15) is 29.5 Å². The highest BCUT2D eigenvalue weighted by molar-refractivity contribution is 5.67. The van der Waals surface area contributed by atoms with Crippen LogP contribution in [-0.4, -0.2) is 58.6 Å². The summed E-state index contributed by atoms with van der Waals surface area (Å²) in [5, 5.41) is 11.5. The SMILES string of the molecule is C=C1[C@H]2[C@@H]([C@@H](C(C)C)C[C@@H]1OC(C)=O)[C@H]1O[C@@H]2C[C@](C)(O)[C@@H](OC(C)=O)CC[C@@]1(C)OC(C)=O. The lowest BCUT2D eigenvalue weighted by Gasteiger charge is -2.47. The summed E-state index contributed by atoms with van der Waals surface area (Å²) in [6.07, 6.45) is -0.655. The molecule has 1 N–H and O–H groups in total. The Morgan fingerprint density at radius 3 is 2.24 bits per heavy atom. The van der Waals surface area contributed by atoms with Crippen LogP contribution < -0.4 is 0 Å². The minimum absolute atomic E-state index is 0.0327. The smallest absolute Gasteiger partial charge is 0.303 e. The molecular weight excluding hydrogens is 440 g/mol. The highest BCUT2D eigenvalue weighted by Gasteiger charge is 2.62. The van der Waals surface area contributed by atoms with Gasteiger partial charge in [0.25, 0.3) is 0 Å². The number of hydrogen-bond acceptors (Lipinski definition) is 8. The van der Waals surface area contributed by atoms with Crippen LogP contribution in [0.4, 0.5) is 0 Å². The van der Waals surface area contributed by atoms with Crippen molar-refractivity contribution in [1.29, 1.82) is 0 Å². The van der Waals surface area contributed by atoms with Gasteiger partial charge in [-0.2, -0.15) is 0 Å². The van der Waals surface area contributed by atoms with Crippen LogP contribution >= 0.6 is 0 Å². The molecule has 34 heavy (non-hydrogen) atoms. The lowest BCUT2D eigenvalue weighted by Crippen LogP contribution is -2.54. The summed E-state index contributed by atoms with van der Waals surface area (Å²) in [4.78, 5) is 35.8. The molecule has 2 heterocycles. The quantitative estimate of drug-likeness (QED) is 0.371. The standard InChI is InChI=1S/C26H40O8/c1-13(2)18-11-19(31-15(4)27)14(3)22-20-12-25(7,30)21(32-16(5)28)9-10-26(8,34-17(6)29)24(33-20)23(18)22/h13,18-24,30H,3,9-12H2,1-2,4-8H3/t18-,19+,20-,21+,22-,23-,24-,25+,26-/m1/s1. The normalized spacial score (nSPS) is 42.1. The zero-order chi connectivity index (χ0) is 25.6. The van der Waals surface area contributed by atoms with E-state index in [0.717, 1.165) is 5.57 Å². The van der Waals surface area contributed by atoms with E-state index in [2.05, 4.69) is 20.4 Å². The van der Waals surface area contributed by atoms with E-state index in [1.165, 1.54) is 20.8 Å². The summed E-state index contributed by atoms with van der Waals surface area (Å²) >= 11 is 0. The van der Waals surface area contributed by atoms with Gasteiger partial charge in [0.2, 0.25) is 0 Å². The van der Waals surface area contributed by atoms with E-state index < -0.39 is 47.6 Å². The number of carbonyl (C=O) groups is 3. The number of carbonyl (C=O) groups excluding carboxylic acids is 3. The van der Waals surface area contributed by atoms with E-state index in [1.807, 2.05) is 6.92 Å². The van der Waals surface area contributed by atoms with Crippen LogP contribution in [0.5, 0.6) is 0 Å². The predicted octanol–water partition coefficient (Wildman–Crippen LogP) is 3.34. The van der Waals surface area contributed by atoms with Gasteiger partial charge in [-0.3, -0.25) is 14.4 Å². The fraction of sp³-hybridized carbons (Fsp3) is 0.808. The molecule has 9 atom stereocenters. The van der Waals surface area contributed by atoms with Gasteiger partial charge in [-0.25, -0.2) is 0 Å². The topological polar surface area (TPSA) is 108 Å². The van der Waals surface area contributed by atoms with Crippen molar-refractivity contribution in [2.24, 2.45) is 23.7 Å². The van der Waals surface area contributed by atoms with Crippen molar-refractivity contribution in [3.63, 3.8) is 0 Å². The van der Waals surface area contributed by atoms with Crippen LogP contribution in [0.2, 0.25) is 0 Å². The Bertz CT molecular complexity index is 833. The van der Waals surface area contributed by atoms with Crippen molar-refractivity contribution in [1.82, 2.24) is 0 Å². The van der Waals surface area contributed by atoms with Gasteiger partial charge in [0.05, 0.1) is 6.10 Å². The van der Waals surface area contributed by atoms with E-state index in [4.69, 9.17) is 18.9 Å². The second kappa shape index (κ2) is 9.61. The molecular formula is C26H40O8. The van der Waals surface area contributed by atoms with Crippen molar-refractivity contribution >= 4 is 17.9 Å². The zero-order valence-electron chi connectivity index (χ0n) is 21.5. The molecule has 0 aromatic rings. The van der Waals surface area contributed by atoms with Gasteiger partial charge in [-0.05, 0) is 50.5 Å². The van der Waals surface area contributed by atoms with Crippen LogP contribution in [0, 0.1) is 23.7 Å². The van der Waals surface area contributed by atoms with Gasteiger partial charge in [-0.15, -0.1) is 0 Å². The zero-order valence-corrected chi connectivity index (χ0v) is 21.5. The van der Waals surface area contributed by atoms with Crippen LogP contribution in [0.25, 0.3) is 0 Å². The second-order valence-corrected chi connectivity index (χ2v) is 11.1. The van der Waals surface area contributed by atoms with Crippen LogP contribution in [0.1, 0.15) is 74.1 Å². The molecule has 2 bridgehead atoms. The summed E-state index contributed by atoms with van der Waals surface area (Å²) in [6.45, 7) is 16.2. The highest BCUT2D eigenvalue weighted by atomic mass is 16.6. The van der Waals surface area contributed by atoms with Gasteiger partial charge in [0, 0.05) is 39.0 Å². The van der Waals surface area contributed by atoms with E-state index in [-0.39, 0.29) is 36.1 Å². The van der Waals surface area contributed by atoms with Gasteiger partial charge >= 0.3 is 17.9 Å². The molecule has 8 nitrogen and oxygen atoms in total. The molecule has 1 aliphatic carbocycles. The third-order valence-corrected chi connectivity index (χ3v) is 7.97. The van der Waals surface area contributed by atoms with E-state index >= 15 is 0 Å². The molecule has 0 aromatic heterocycles. The molecule has 8 heteroatoms. The molecule has 2 aliphatic heterocycles. The lowest BCUT2D eigenvalue weighted by molar-refractivity contribution is -0.180. The largest absolute Gasteiger partial charge is 0.460 e. The molecule has 0 aromatic carbocycles. The molecule has 1 saturated carbocycles. The fourth-order valence-electron chi connectivity index (χ4n) is 6.55. The van der Waals surface area contributed by atoms with Crippen molar-refractivity contribution in [3.05, 3.63) is 12.2 Å². The van der Waals surface area contributed by atoms with Crippen molar-refractivity contribution in [3.8, 4) is 0 Å². The number of fused-ring (bicyclic) bond motifs is 5. The first kappa shape index (κ1) is 26.7. The molecule has 192 valence electrons. The Kier molecular flexibility index (Phi) is 7.54. The summed E-state index contributed by atoms with van der Waals surface area (Å²) in [5.74, 6) is -1.15. The van der Waals surface area contributed by atoms with Crippen molar-refractivity contribution < 1.29 is 38.4 Å². The first-order valence-corrected chi connectivity index (χ1v) is 12.3. The van der Waals surface area contributed by atoms with E-state index in [9.17, 15) is 19.5 Å². The Labute approximate surface area is 202 Å². The molecule has 0 unspecified atom stereocenters. The number of ether oxygens (including phenoxy) is 4. The summed E-state index contributed by atoms with van der Waals surface area (Å²) in [6, 6.07) is 0. The maximum atomic E-state index is 12.2. The second-order valence-electron chi connectivity index (χ2n) is 11.1. The summed E-state index contributed by atoms with van der Waals surface area (Å²) in [5.41, 5.74) is -1.61. The number of esters is 3.